The number of halogens is 1. The number of aromatic nitrogens is 1. The molecule has 1 aliphatic heterocycles. The monoisotopic (exact) mass is 310 g/mol. The van der Waals surface area contributed by atoms with Crippen LogP contribution in [0, 0.1) is 12.8 Å². The molecule has 0 N–H and O–H groups in total. The van der Waals surface area contributed by atoms with E-state index in [0.29, 0.717) is 0 Å². The predicted molar refractivity (Wildman–Crippen MR) is 81.1 cm³/mol. The molecule has 1 unspecified atom stereocenters. The van der Waals surface area contributed by atoms with E-state index in [-0.39, 0.29) is 0 Å². The molecule has 0 amide bonds. The van der Waals surface area contributed by atoms with Crippen LogP contribution in [-0.4, -0.2) is 18.1 Å². The first-order chi connectivity index (χ1) is 8.72. The number of anilines is 1. The molecule has 0 aliphatic carbocycles. The normalized spacial score (nSPS) is 20.8. The SMILES string of the molecule is CCCC1CCCN(c2nccc(C)c2Br)CC1. The zero-order valence-corrected chi connectivity index (χ0v) is 13.0. The van der Waals surface area contributed by atoms with Crippen molar-refractivity contribution >= 4 is 21.7 Å². The highest BCUT2D eigenvalue weighted by molar-refractivity contribution is 9.10. The molecule has 1 aromatic rings. The molecule has 0 saturated carbocycles. The minimum absolute atomic E-state index is 0.920. The summed E-state index contributed by atoms with van der Waals surface area (Å²) >= 11 is 3.68. The van der Waals surface area contributed by atoms with Crippen molar-refractivity contribution in [1.29, 1.82) is 0 Å². The molecule has 1 fully saturated rings. The molecule has 1 aromatic heterocycles. The van der Waals surface area contributed by atoms with Gasteiger partial charge in [0.05, 0.1) is 4.47 Å². The Hall–Kier alpha value is -0.570. The summed E-state index contributed by atoms with van der Waals surface area (Å²) in [5.74, 6) is 2.05. The maximum absolute atomic E-state index is 4.55. The Morgan fingerprint density at radius 1 is 1.39 bits per heavy atom. The molecule has 2 nitrogen and oxygen atoms in total. The first kappa shape index (κ1) is 13.9. The van der Waals surface area contributed by atoms with Gasteiger partial charge in [-0.2, -0.15) is 0 Å². The van der Waals surface area contributed by atoms with E-state index in [0.717, 1.165) is 24.8 Å². The van der Waals surface area contributed by atoms with Crippen molar-refractivity contribution in [1.82, 2.24) is 4.98 Å². The first-order valence-electron chi connectivity index (χ1n) is 7.08. The van der Waals surface area contributed by atoms with Gasteiger partial charge >= 0.3 is 0 Å². The third-order valence-corrected chi connectivity index (χ3v) is 4.89. The Labute approximate surface area is 119 Å². The van der Waals surface area contributed by atoms with Crippen molar-refractivity contribution in [3.63, 3.8) is 0 Å². The third kappa shape index (κ3) is 3.25. The summed E-state index contributed by atoms with van der Waals surface area (Å²) in [6.45, 7) is 6.73. The van der Waals surface area contributed by atoms with Crippen LogP contribution in [0.15, 0.2) is 16.7 Å². The molecule has 100 valence electrons. The summed E-state index contributed by atoms with van der Waals surface area (Å²) in [6.07, 6.45) is 8.62. The van der Waals surface area contributed by atoms with Gasteiger partial charge in [0.2, 0.25) is 0 Å². The van der Waals surface area contributed by atoms with Gasteiger partial charge in [0.1, 0.15) is 5.82 Å². The highest BCUT2D eigenvalue weighted by atomic mass is 79.9. The van der Waals surface area contributed by atoms with Crippen molar-refractivity contribution in [2.45, 2.75) is 46.0 Å². The zero-order chi connectivity index (χ0) is 13.0. The van der Waals surface area contributed by atoms with Gasteiger partial charge in [0, 0.05) is 19.3 Å². The molecule has 0 spiro atoms. The molecule has 18 heavy (non-hydrogen) atoms. The van der Waals surface area contributed by atoms with E-state index in [2.05, 4.69) is 45.7 Å². The maximum atomic E-state index is 4.55. The third-order valence-electron chi connectivity index (χ3n) is 3.91. The molecule has 3 heteroatoms. The second kappa shape index (κ2) is 6.55. The first-order valence-corrected chi connectivity index (χ1v) is 7.87. The number of aryl methyl sites for hydroxylation is 1. The van der Waals surface area contributed by atoms with Gasteiger partial charge in [-0.3, -0.25) is 0 Å². The van der Waals surface area contributed by atoms with Gasteiger partial charge in [-0.05, 0) is 59.7 Å². The number of pyridine rings is 1. The molecule has 0 radical (unpaired) electrons. The van der Waals surface area contributed by atoms with Crippen LogP contribution in [0.4, 0.5) is 5.82 Å². The fourth-order valence-electron chi connectivity index (χ4n) is 2.82. The van der Waals surface area contributed by atoms with Crippen LogP contribution in [-0.2, 0) is 0 Å². The van der Waals surface area contributed by atoms with Crippen molar-refractivity contribution in [2.24, 2.45) is 5.92 Å². The van der Waals surface area contributed by atoms with Gasteiger partial charge < -0.3 is 4.90 Å². The molecule has 1 aliphatic rings. The predicted octanol–water partition coefficient (Wildman–Crippen LogP) is 4.56. The molecule has 0 bridgehead atoms. The number of nitrogens with zero attached hydrogens (tertiary/aromatic N) is 2. The lowest BCUT2D eigenvalue weighted by molar-refractivity contribution is 0.435. The average molecular weight is 311 g/mol. The van der Waals surface area contributed by atoms with E-state index in [1.54, 1.807) is 0 Å². The van der Waals surface area contributed by atoms with Crippen molar-refractivity contribution in [2.75, 3.05) is 18.0 Å². The van der Waals surface area contributed by atoms with Gasteiger partial charge in [-0.15, -0.1) is 0 Å². The van der Waals surface area contributed by atoms with Crippen molar-refractivity contribution < 1.29 is 0 Å². The minimum Gasteiger partial charge on any atom is -0.356 e. The van der Waals surface area contributed by atoms with Gasteiger partial charge in [-0.25, -0.2) is 4.98 Å². The lowest BCUT2D eigenvalue weighted by Gasteiger charge is -2.23. The highest BCUT2D eigenvalue weighted by Gasteiger charge is 2.19. The van der Waals surface area contributed by atoms with Crippen LogP contribution >= 0.6 is 15.9 Å². The molecule has 1 atom stereocenters. The van der Waals surface area contributed by atoms with Crippen LogP contribution in [0.5, 0.6) is 0 Å². The molecule has 2 rings (SSSR count). The Kier molecular flexibility index (Phi) is 5.04. The fourth-order valence-corrected chi connectivity index (χ4v) is 3.31. The standard InChI is InChI=1S/C15H23BrN2/c1-3-5-13-6-4-10-18(11-8-13)15-14(16)12(2)7-9-17-15/h7,9,13H,3-6,8,10-11H2,1-2H3. The van der Waals surface area contributed by atoms with Crippen LogP contribution in [0.25, 0.3) is 0 Å². The van der Waals surface area contributed by atoms with Crippen molar-refractivity contribution in [3.05, 3.63) is 22.3 Å². The van der Waals surface area contributed by atoms with Crippen LogP contribution in [0.3, 0.4) is 0 Å². The Morgan fingerprint density at radius 2 is 2.22 bits per heavy atom. The lowest BCUT2D eigenvalue weighted by atomic mass is 9.96. The summed E-state index contributed by atoms with van der Waals surface area (Å²) in [6, 6.07) is 2.06. The Bertz CT molecular complexity index is 392. The Morgan fingerprint density at radius 3 is 3.00 bits per heavy atom. The molecular weight excluding hydrogens is 288 g/mol. The second-order valence-electron chi connectivity index (χ2n) is 5.34. The second-order valence-corrected chi connectivity index (χ2v) is 6.13. The lowest BCUT2D eigenvalue weighted by Crippen LogP contribution is -2.25. The summed E-state index contributed by atoms with van der Waals surface area (Å²) in [5.41, 5.74) is 1.27. The summed E-state index contributed by atoms with van der Waals surface area (Å²) in [7, 11) is 0. The van der Waals surface area contributed by atoms with Crippen LogP contribution in [0.2, 0.25) is 0 Å². The summed E-state index contributed by atoms with van der Waals surface area (Å²) in [4.78, 5) is 7.01. The maximum Gasteiger partial charge on any atom is 0.143 e. The number of hydrogen-bond donors (Lipinski definition) is 0. The van der Waals surface area contributed by atoms with Gasteiger partial charge in [0.15, 0.2) is 0 Å². The fraction of sp³-hybridized carbons (Fsp3) is 0.667. The molecular formula is C15H23BrN2. The number of rotatable bonds is 3. The van der Waals surface area contributed by atoms with Crippen LogP contribution in [0.1, 0.15) is 44.6 Å². The van der Waals surface area contributed by atoms with E-state index < -0.39 is 0 Å². The van der Waals surface area contributed by atoms with E-state index >= 15 is 0 Å². The molecule has 0 aromatic carbocycles. The average Bonchev–Trinajstić information content (AvgIpc) is 2.59. The highest BCUT2D eigenvalue weighted by Crippen LogP contribution is 2.30. The number of hydrogen-bond acceptors (Lipinski definition) is 2. The van der Waals surface area contributed by atoms with E-state index in [9.17, 15) is 0 Å². The summed E-state index contributed by atoms with van der Waals surface area (Å²) in [5, 5.41) is 0. The van der Waals surface area contributed by atoms with E-state index in [1.807, 2.05) is 6.20 Å². The minimum atomic E-state index is 0.920. The zero-order valence-electron chi connectivity index (χ0n) is 11.5. The van der Waals surface area contributed by atoms with Crippen molar-refractivity contribution in [3.8, 4) is 0 Å². The van der Waals surface area contributed by atoms with E-state index in [4.69, 9.17) is 0 Å². The quantitative estimate of drug-likeness (QED) is 0.813. The van der Waals surface area contributed by atoms with Gasteiger partial charge in [0.25, 0.3) is 0 Å². The molecule has 2 heterocycles. The smallest absolute Gasteiger partial charge is 0.143 e. The topological polar surface area (TPSA) is 16.1 Å². The van der Waals surface area contributed by atoms with Gasteiger partial charge in [-0.1, -0.05) is 19.8 Å². The Balaban J connectivity index is 2.07. The largest absolute Gasteiger partial charge is 0.356 e. The van der Waals surface area contributed by atoms with Crippen LogP contribution < -0.4 is 4.90 Å². The van der Waals surface area contributed by atoms with E-state index in [1.165, 1.54) is 42.1 Å². The summed E-state index contributed by atoms with van der Waals surface area (Å²) < 4.78 is 1.17. The molecule has 1 saturated heterocycles.